The molecule has 2 N–H and O–H groups in total. The number of amides is 1. The maximum atomic E-state index is 11.9. The van der Waals surface area contributed by atoms with Crippen LogP contribution in [0.4, 0.5) is 5.69 Å². The summed E-state index contributed by atoms with van der Waals surface area (Å²) in [7, 11) is 0. The van der Waals surface area contributed by atoms with Crippen molar-refractivity contribution < 1.29 is 14.7 Å². The SMILES string of the molecule is O=C(Nc1cnccc1C(=O)O)c1cccc(Br)n1. The predicted octanol–water partition coefficient (Wildman–Crippen LogP) is 2.19. The summed E-state index contributed by atoms with van der Waals surface area (Å²) in [5.41, 5.74) is 0.273. The van der Waals surface area contributed by atoms with E-state index in [1.165, 1.54) is 24.5 Å². The quantitative estimate of drug-likeness (QED) is 0.845. The first-order valence-corrected chi connectivity index (χ1v) is 5.98. The van der Waals surface area contributed by atoms with Gasteiger partial charge in [-0.25, -0.2) is 9.78 Å². The number of carbonyl (C=O) groups excluding carboxylic acids is 1. The summed E-state index contributed by atoms with van der Waals surface area (Å²) in [6.07, 6.45) is 2.62. The van der Waals surface area contributed by atoms with E-state index in [1.807, 2.05) is 0 Å². The van der Waals surface area contributed by atoms with Crippen molar-refractivity contribution in [2.75, 3.05) is 5.32 Å². The number of nitrogens with zero attached hydrogens (tertiary/aromatic N) is 2. The Morgan fingerprint density at radius 3 is 2.74 bits per heavy atom. The lowest BCUT2D eigenvalue weighted by Crippen LogP contribution is -2.16. The van der Waals surface area contributed by atoms with Crippen molar-refractivity contribution in [1.29, 1.82) is 0 Å². The Morgan fingerprint density at radius 1 is 1.26 bits per heavy atom. The van der Waals surface area contributed by atoms with Gasteiger partial charge in [0.2, 0.25) is 0 Å². The molecular weight excluding hydrogens is 314 g/mol. The number of pyridine rings is 2. The molecule has 19 heavy (non-hydrogen) atoms. The van der Waals surface area contributed by atoms with Crippen molar-refractivity contribution in [2.45, 2.75) is 0 Å². The number of nitrogens with one attached hydrogen (secondary N) is 1. The standard InChI is InChI=1S/C12H8BrN3O3/c13-10-3-1-2-8(15-10)11(17)16-9-6-14-5-4-7(9)12(18)19/h1-6H,(H,16,17)(H,18,19). The van der Waals surface area contributed by atoms with E-state index in [-0.39, 0.29) is 16.9 Å². The van der Waals surface area contributed by atoms with Gasteiger partial charge in [0.25, 0.3) is 5.91 Å². The summed E-state index contributed by atoms with van der Waals surface area (Å²) in [4.78, 5) is 30.7. The average Bonchev–Trinajstić information content (AvgIpc) is 2.39. The van der Waals surface area contributed by atoms with Crippen LogP contribution in [0.25, 0.3) is 0 Å². The van der Waals surface area contributed by atoms with Gasteiger partial charge >= 0.3 is 5.97 Å². The molecule has 2 aromatic heterocycles. The molecule has 1 amide bonds. The Labute approximate surface area is 116 Å². The van der Waals surface area contributed by atoms with Crippen LogP contribution in [-0.2, 0) is 0 Å². The Balaban J connectivity index is 2.27. The van der Waals surface area contributed by atoms with Crippen molar-refractivity contribution in [3.8, 4) is 0 Å². The monoisotopic (exact) mass is 321 g/mol. The number of aromatic carboxylic acids is 1. The van der Waals surface area contributed by atoms with Gasteiger partial charge in [0.05, 0.1) is 17.4 Å². The van der Waals surface area contributed by atoms with Gasteiger partial charge in [0, 0.05) is 6.20 Å². The summed E-state index contributed by atoms with van der Waals surface area (Å²) in [5, 5.41) is 11.5. The second-order valence-electron chi connectivity index (χ2n) is 3.53. The van der Waals surface area contributed by atoms with Crippen molar-refractivity contribution in [1.82, 2.24) is 9.97 Å². The van der Waals surface area contributed by atoms with Gasteiger partial charge in [-0.15, -0.1) is 0 Å². The number of hydrogen-bond donors (Lipinski definition) is 2. The van der Waals surface area contributed by atoms with E-state index < -0.39 is 11.9 Å². The summed E-state index contributed by atoms with van der Waals surface area (Å²) >= 11 is 3.16. The van der Waals surface area contributed by atoms with Crippen LogP contribution in [0.5, 0.6) is 0 Å². The molecule has 0 aliphatic carbocycles. The van der Waals surface area contributed by atoms with Crippen molar-refractivity contribution in [3.63, 3.8) is 0 Å². The molecule has 0 fully saturated rings. The molecule has 0 aliphatic rings. The normalized spacial score (nSPS) is 9.95. The lowest BCUT2D eigenvalue weighted by molar-refractivity contribution is 0.0698. The minimum Gasteiger partial charge on any atom is -0.478 e. The van der Waals surface area contributed by atoms with Crippen LogP contribution in [0.3, 0.4) is 0 Å². The van der Waals surface area contributed by atoms with E-state index in [9.17, 15) is 9.59 Å². The molecule has 0 saturated carbocycles. The van der Waals surface area contributed by atoms with Gasteiger partial charge in [-0.2, -0.15) is 0 Å². The van der Waals surface area contributed by atoms with Crippen LogP contribution in [0, 0.1) is 0 Å². The lowest BCUT2D eigenvalue weighted by atomic mass is 10.2. The molecule has 0 unspecified atom stereocenters. The molecule has 6 nitrogen and oxygen atoms in total. The van der Waals surface area contributed by atoms with E-state index in [0.29, 0.717) is 4.60 Å². The molecule has 0 aliphatic heterocycles. The van der Waals surface area contributed by atoms with Crippen LogP contribution < -0.4 is 5.32 Å². The van der Waals surface area contributed by atoms with Crippen molar-refractivity contribution in [2.24, 2.45) is 0 Å². The minimum atomic E-state index is -1.14. The summed E-state index contributed by atoms with van der Waals surface area (Å²) in [6, 6.07) is 6.18. The Morgan fingerprint density at radius 2 is 2.05 bits per heavy atom. The molecule has 0 aromatic carbocycles. The average molecular weight is 322 g/mol. The van der Waals surface area contributed by atoms with Gasteiger partial charge in [0.15, 0.2) is 0 Å². The zero-order chi connectivity index (χ0) is 13.8. The highest BCUT2D eigenvalue weighted by Gasteiger charge is 2.14. The highest BCUT2D eigenvalue weighted by molar-refractivity contribution is 9.10. The third-order valence-electron chi connectivity index (χ3n) is 2.25. The van der Waals surface area contributed by atoms with Gasteiger partial charge in [-0.1, -0.05) is 6.07 Å². The fraction of sp³-hybridized carbons (Fsp3) is 0. The molecule has 0 saturated heterocycles. The molecule has 0 bridgehead atoms. The fourth-order valence-electron chi connectivity index (χ4n) is 1.40. The zero-order valence-electron chi connectivity index (χ0n) is 9.50. The van der Waals surface area contributed by atoms with E-state index >= 15 is 0 Å². The van der Waals surface area contributed by atoms with Crippen LogP contribution in [0.2, 0.25) is 0 Å². The number of halogens is 1. The topological polar surface area (TPSA) is 92.2 Å². The van der Waals surface area contributed by atoms with E-state index in [2.05, 4.69) is 31.2 Å². The molecule has 0 spiro atoms. The Kier molecular flexibility index (Phi) is 3.86. The van der Waals surface area contributed by atoms with E-state index in [4.69, 9.17) is 5.11 Å². The number of carboxylic acid groups (broad SMARTS) is 1. The van der Waals surface area contributed by atoms with Crippen LogP contribution in [0.1, 0.15) is 20.8 Å². The summed E-state index contributed by atoms with van der Waals surface area (Å²) in [5.74, 6) is -1.64. The Bertz CT molecular complexity index is 646. The third-order valence-corrected chi connectivity index (χ3v) is 2.69. The molecule has 7 heteroatoms. The molecular formula is C12H8BrN3O3. The Hall–Kier alpha value is -2.28. The maximum absolute atomic E-state index is 11.9. The van der Waals surface area contributed by atoms with Crippen LogP contribution >= 0.6 is 15.9 Å². The maximum Gasteiger partial charge on any atom is 0.337 e. The first-order chi connectivity index (χ1) is 9.08. The smallest absolute Gasteiger partial charge is 0.337 e. The van der Waals surface area contributed by atoms with Gasteiger partial charge in [-0.05, 0) is 34.1 Å². The van der Waals surface area contributed by atoms with Gasteiger partial charge in [-0.3, -0.25) is 9.78 Å². The number of rotatable bonds is 3. The highest BCUT2D eigenvalue weighted by atomic mass is 79.9. The van der Waals surface area contributed by atoms with Crippen LogP contribution in [0.15, 0.2) is 41.3 Å². The number of aromatic nitrogens is 2. The fourth-order valence-corrected chi connectivity index (χ4v) is 1.75. The van der Waals surface area contributed by atoms with Crippen LogP contribution in [-0.4, -0.2) is 27.0 Å². The predicted molar refractivity (Wildman–Crippen MR) is 71.1 cm³/mol. The van der Waals surface area contributed by atoms with Gasteiger partial charge in [0.1, 0.15) is 10.3 Å². The second-order valence-corrected chi connectivity index (χ2v) is 4.34. The summed E-state index contributed by atoms with van der Waals surface area (Å²) in [6.45, 7) is 0. The van der Waals surface area contributed by atoms with E-state index in [1.54, 1.807) is 12.1 Å². The molecule has 2 heterocycles. The van der Waals surface area contributed by atoms with Crippen molar-refractivity contribution in [3.05, 3.63) is 52.5 Å². The number of hydrogen-bond acceptors (Lipinski definition) is 4. The minimum absolute atomic E-state index is 0.0293. The lowest BCUT2D eigenvalue weighted by Gasteiger charge is -2.07. The second kappa shape index (κ2) is 5.57. The first kappa shape index (κ1) is 13.2. The molecule has 0 atom stereocenters. The summed E-state index contributed by atoms with van der Waals surface area (Å²) < 4.78 is 0.518. The number of carboxylic acids is 1. The molecule has 2 rings (SSSR count). The highest BCUT2D eigenvalue weighted by Crippen LogP contribution is 2.15. The van der Waals surface area contributed by atoms with E-state index in [0.717, 1.165) is 0 Å². The molecule has 96 valence electrons. The third kappa shape index (κ3) is 3.14. The zero-order valence-corrected chi connectivity index (χ0v) is 11.1. The molecule has 0 radical (unpaired) electrons. The largest absolute Gasteiger partial charge is 0.478 e. The van der Waals surface area contributed by atoms with Crippen molar-refractivity contribution >= 4 is 33.5 Å². The number of carbonyl (C=O) groups is 2. The molecule has 2 aromatic rings. The first-order valence-electron chi connectivity index (χ1n) is 5.19. The van der Waals surface area contributed by atoms with Gasteiger partial charge < -0.3 is 10.4 Å². The number of anilines is 1.